The first kappa shape index (κ1) is 15.8. The van der Waals surface area contributed by atoms with E-state index in [1.54, 1.807) is 0 Å². The number of fused-ring (bicyclic) bond motifs is 1. The minimum Gasteiger partial charge on any atom is -0.339 e. The average molecular weight is 305 g/mol. The number of hydrogen-bond donors (Lipinski definition) is 1. The molecule has 1 amide bonds. The van der Waals surface area contributed by atoms with E-state index in [1.165, 1.54) is 5.39 Å². The summed E-state index contributed by atoms with van der Waals surface area (Å²) in [6, 6.07) is 14.7. The van der Waals surface area contributed by atoms with E-state index in [0.717, 1.165) is 36.9 Å². The number of carbonyl (C=O) groups excluding carboxylic acids is 1. The molecule has 4 heteroatoms. The van der Waals surface area contributed by atoms with Crippen molar-refractivity contribution in [2.45, 2.75) is 18.9 Å². The van der Waals surface area contributed by atoms with E-state index >= 15 is 0 Å². The average Bonchev–Trinajstić information content (AvgIpc) is 2.54. The molecular weight excluding hydrogens is 284 g/mol. The Morgan fingerprint density at radius 3 is 2.43 bits per heavy atom. The molecule has 0 unspecified atom stereocenters. The van der Waals surface area contributed by atoms with Gasteiger partial charge in [-0.15, -0.1) is 12.4 Å². The number of amides is 1. The van der Waals surface area contributed by atoms with E-state index in [-0.39, 0.29) is 18.3 Å². The lowest BCUT2D eigenvalue weighted by Gasteiger charge is -2.31. The molecule has 2 aromatic carbocycles. The molecular formula is C17H21ClN2O. The second-order valence-corrected chi connectivity index (χ2v) is 5.42. The Labute approximate surface area is 131 Å². The molecule has 0 bridgehead atoms. The van der Waals surface area contributed by atoms with Crippen LogP contribution in [0, 0.1) is 0 Å². The zero-order valence-corrected chi connectivity index (χ0v) is 13.0. The third-order valence-corrected chi connectivity index (χ3v) is 4.19. The highest BCUT2D eigenvalue weighted by Crippen LogP contribution is 2.19. The Bertz CT molecular complexity index is 621. The first-order valence-electron chi connectivity index (χ1n) is 7.23. The SMILES string of the molecule is CNC1CCN(C(=O)c2ccc3ccccc3c2)CC1.Cl. The highest BCUT2D eigenvalue weighted by molar-refractivity contribution is 5.98. The molecule has 21 heavy (non-hydrogen) atoms. The molecule has 0 radical (unpaired) electrons. The second kappa shape index (κ2) is 6.92. The number of nitrogens with one attached hydrogen (secondary N) is 1. The van der Waals surface area contributed by atoms with Gasteiger partial charge < -0.3 is 10.2 Å². The van der Waals surface area contributed by atoms with Gasteiger partial charge >= 0.3 is 0 Å². The topological polar surface area (TPSA) is 32.3 Å². The molecule has 3 nitrogen and oxygen atoms in total. The normalized spacial score (nSPS) is 15.8. The van der Waals surface area contributed by atoms with Crippen LogP contribution in [0.5, 0.6) is 0 Å². The number of likely N-dealkylation sites (tertiary alicyclic amines) is 1. The molecule has 0 aromatic heterocycles. The summed E-state index contributed by atoms with van der Waals surface area (Å²) < 4.78 is 0. The molecule has 0 saturated carbocycles. The monoisotopic (exact) mass is 304 g/mol. The number of rotatable bonds is 2. The summed E-state index contributed by atoms with van der Waals surface area (Å²) in [6.07, 6.45) is 2.08. The van der Waals surface area contributed by atoms with Gasteiger partial charge in [0, 0.05) is 24.7 Å². The van der Waals surface area contributed by atoms with E-state index in [0.29, 0.717) is 6.04 Å². The molecule has 1 heterocycles. The van der Waals surface area contributed by atoms with Crippen LogP contribution in [0.1, 0.15) is 23.2 Å². The molecule has 0 atom stereocenters. The molecule has 1 aliphatic rings. The van der Waals surface area contributed by atoms with Crippen LogP contribution >= 0.6 is 12.4 Å². The van der Waals surface area contributed by atoms with Crippen molar-refractivity contribution in [2.24, 2.45) is 0 Å². The van der Waals surface area contributed by atoms with Crippen molar-refractivity contribution in [2.75, 3.05) is 20.1 Å². The predicted octanol–water partition coefficient (Wildman–Crippen LogP) is 3.09. The van der Waals surface area contributed by atoms with Gasteiger partial charge in [-0.2, -0.15) is 0 Å². The minimum absolute atomic E-state index is 0. The summed E-state index contributed by atoms with van der Waals surface area (Å²) in [5.74, 6) is 0.158. The maximum absolute atomic E-state index is 12.5. The van der Waals surface area contributed by atoms with Crippen molar-refractivity contribution in [1.29, 1.82) is 0 Å². The Morgan fingerprint density at radius 2 is 1.76 bits per heavy atom. The van der Waals surface area contributed by atoms with Crippen molar-refractivity contribution < 1.29 is 4.79 Å². The van der Waals surface area contributed by atoms with Gasteiger partial charge in [-0.25, -0.2) is 0 Å². The number of piperidine rings is 1. The number of halogens is 1. The van der Waals surface area contributed by atoms with Gasteiger partial charge in [-0.1, -0.05) is 30.3 Å². The van der Waals surface area contributed by atoms with Crippen molar-refractivity contribution in [1.82, 2.24) is 10.2 Å². The zero-order chi connectivity index (χ0) is 13.9. The van der Waals surface area contributed by atoms with Crippen LogP contribution in [0.4, 0.5) is 0 Å². The zero-order valence-electron chi connectivity index (χ0n) is 12.2. The van der Waals surface area contributed by atoms with Gasteiger partial charge in [-0.05, 0) is 42.8 Å². The molecule has 112 valence electrons. The van der Waals surface area contributed by atoms with Crippen molar-refractivity contribution in [3.63, 3.8) is 0 Å². The number of hydrogen-bond acceptors (Lipinski definition) is 2. The molecule has 0 spiro atoms. The molecule has 3 rings (SSSR count). The molecule has 1 fully saturated rings. The fraction of sp³-hybridized carbons (Fsp3) is 0.353. The number of nitrogens with zero attached hydrogens (tertiary/aromatic N) is 1. The number of carbonyl (C=O) groups is 1. The molecule has 2 aromatic rings. The smallest absolute Gasteiger partial charge is 0.253 e. The molecule has 1 aliphatic heterocycles. The van der Waals surface area contributed by atoms with E-state index < -0.39 is 0 Å². The fourth-order valence-corrected chi connectivity index (χ4v) is 2.88. The van der Waals surface area contributed by atoms with E-state index in [9.17, 15) is 4.79 Å². The summed E-state index contributed by atoms with van der Waals surface area (Å²) in [4.78, 5) is 14.5. The van der Waals surface area contributed by atoms with Gasteiger partial charge in [0.25, 0.3) is 5.91 Å². The maximum atomic E-state index is 12.5. The van der Waals surface area contributed by atoms with Crippen LogP contribution in [0.15, 0.2) is 42.5 Å². The van der Waals surface area contributed by atoms with E-state index in [1.807, 2.05) is 42.3 Å². The van der Waals surface area contributed by atoms with E-state index in [2.05, 4.69) is 17.4 Å². The largest absolute Gasteiger partial charge is 0.339 e. The van der Waals surface area contributed by atoms with Crippen LogP contribution in [-0.2, 0) is 0 Å². The summed E-state index contributed by atoms with van der Waals surface area (Å²) in [5.41, 5.74) is 0.798. The van der Waals surface area contributed by atoms with Crippen LogP contribution < -0.4 is 5.32 Å². The van der Waals surface area contributed by atoms with Crippen LogP contribution in [0.3, 0.4) is 0 Å². The highest BCUT2D eigenvalue weighted by Gasteiger charge is 2.22. The Kier molecular flexibility index (Phi) is 5.21. The standard InChI is InChI=1S/C17H20N2O.ClH/c1-18-16-8-10-19(11-9-16)17(20)15-7-6-13-4-2-3-5-14(13)12-15;/h2-7,12,16,18H,8-11H2,1H3;1H. The molecule has 1 saturated heterocycles. The van der Waals surface area contributed by atoms with Gasteiger partial charge in [-0.3, -0.25) is 4.79 Å². The summed E-state index contributed by atoms with van der Waals surface area (Å²) in [6.45, 7) is 1.69. The molecule has 0 aliphatic carbocycles. The highest BCUT2D eigenvalue weighted by atomic mass is 35.5. The maximum Gasteiger partial charge on any atom is 0.253 e. The number of benzene rings is 2. The van der Waals surface area contributed by atoms with E-state index in [4.69, 9.17) is 0 Å². The Morgan fingerprint density at radius 1 is 1.10 bits per heavy atom. The van der Waals surface area contributed by atoms with Gasteiger partial charge in [0.05, 0.1) is 0 Å². The van der Waals surface area contributed by atoms with Crippen molar-refractivity contribution in [3.8, 4) is 0 Å². The Hall–Kier alpha value is -1.58. The Balaban J connectivity index is 0.00000161. The minimum atomic E-state index is 0. The summed E-state index contributed by atoms with van der Waals surface area (Å²) >= 11 is 0. The first-order chi connectivity index (χ1) is 9.78. The summed E-state index contributed by atoms with van der Waals surface area (Å²) in [5, 5.41) is 5.60. The van der Waals surface area contributed by atoms with Crippen LogP contribution in [0.2, 0.25) is 0 Å². The van der Waals surface area contributed by atoms with Crippen LogP contribution in [0.25, 0.3) is 10.8 Å². The van der Waals surface area contributed by atoms with Gasteiger partial charge in [0.2, 0.25) is 0 Å². The third-order valence-electron chi connectivity index (χ3n) is 4.19. The van der Waals surface area contributed by atoms with Gasteiger partial charge in [0.15, 0.2) is 0 Å². The lowest BCUT2D eigenvalue weighted by molar-refractivity contribution is 0.0707. The van der Waals surface area contributed by atoms with Crippen molar-refractivity contribution >= 4 is 29.1 Å². The van der Waals surface area contributed by atoms with Crippen molar-refractivity contribution in [3.05, 3.63) is 48.0 Å². The summed E-state index contributed by atoms with van der Waals surface area (Å²) in [7, 11) is 1.99. The first-order valence-corrected chi connectivity index (χ1v) is 7.23. The molecule has 1 N–H and O–H groups in total. The fourth-order valence-electron chi connectivity index (χ4n) is 2.88. The third kappa shape index (κ3) is 3.36. The van der Waals surface area contributed by atoms with Crippen LogP contribution in [-0.4, -0.2) is 37.0 Å². The lowest BCUT2D eigenvalue weighted by atomic mass is 10.0. The lowest BCUT2D eigenvalue weighted by Crippen LogP contribution is -2.43. The predicted molar refractivity (Wildman–Crippen MR) is 89.2 cm³/mol. The quantitative estimate of drug-likeness (QED) is 0.925. The van der Waals surface area contributed by atoms with Gasteiger partial charge in [0.1, 0.15) is 0 Å². The second-order valence-electron chi connectivity index (χ2n) is 5.42.